The molecule has 0 aliphatic carbocycles. The van der Waals surface area contributed by atoms with Crippen LogP contribution in [0.3, 0.4) is 0 Å². The van der Waals surface area contributed by atoms with Crippen LogP contribution in [0.1, 0.15) is 10.7 Å². The van der Waals surface area contributed by atoms with Crippen LogP contribution in [0, 0.1) is 0 Å². The Morgan fingerprint density at radius 3 is 2.57 bits per heavy atom. The van der Waals surface area contributed by atoms with Crippen LogP contribution in [0.15, 0.2) is 34.6 Å². The van der Waals surface area contributed by atoms with E-state index in [2.05, 4.69) is 25.1 Å². The Morgan fingerprint density at radius 2 is 1.96 bits per heavy atom. The lowest BCUT2D eigenvalue weighted by molar-refractivity contribution is -0.140. The maximum atomic E-state index is 12.7. The zero-order chi connectivity index (χ0) is 20.1. The summed E-state index contributed by atoms with van der Waals surface area (Å²) in [6.45, 7) is 3.26. The van der Waals surface area contributed by atoms with E-state index in [-0.39, 0.29) is 6.54 Å². The molecule has 6 nitrogen and oxygen atoms in total. The van der Waals surface area contributed by atoms with Crippen LogP contribution >= 0.6 is 11.3 Å². The molecule has 2 heterocycles. The molecule has 3 rings (SSSR count). The van der Waals surface area contributed by atoms with E-state index in [1.165, 1.54) is 0 Å². The second-order valence-electron chi connectivity index (χ2n) is 6.17. The summed E-state index contributed by atoms with van der Waals surface area (Å²) in [6.07, 6.45) is -4.41. The standard InChI is InChI=1S/C18H22F3N5OS/c1-22-17(23-11-16-24-15(12-28-16)18(19,20)21)26-9-7-25(8-10-26)13-5-3-4-6-14(13)27-2/h3-6,12H,7-11H2,1-2H3,(H,22,23). The molecule has 1 aliphatic heterocycles. The molecule has 10 heteroatoms. The Kier molecular flexibility index (Phi) is 6.28. The summed E-state index contributed by atoms with van der Waals surface area (Å²) in [5, 5.41) is 4.52. The van der Waals surface area contributed by atoms with Gasteiger partial charge in [0.1, 0.15) is 10.8 Å². The van der Waals surface area contributed by atoms with E-state index in [1.807, 2.05) is 24.3 Å². The number of halogens is 3. The number of ether oxygens (including phenoxy) is 1. The zero-order valence-corrected chi connectivity index (χ0v) is 16.5. The third-order valence-corrected chi connectivity index (χ3v) is 5.31. The molecular weight excluding hydrogens is 391 g/mol. The molecule has 0 bridgehead atoms. The monoisotopic (exact) mass is 413 g/mol. The smallest absolute Gasteiger partial charge is 0.434 e. The van der Waals surface area contributed by atoms with Crippen molar-refractivity contribution in [1.82, 2.24) is 15.2 Å². The number of aromatic nitrogens is 1. The van der Waals surface area contributed by atoms with Crippen molar-refractivity contribution in [2.45, 2.75) is 12.7 Å². The number of anilines is 1. The van der Waals surface area contributed by atoms with Gasteiger partial charge in [-0.15, -0.1) is 11.3 Å². The van der Waals surface area contributed by atoms with Gasteiger partial charge in [0.2, 0.25) is 0 Å². The number of aliphatic imine (C=N–C) groups is 1. The first-order chi connectivity index (χ1) is 13.4. The van der Waals surface area contributed by atoms with Crippen molar-refractivity contribution in [2.24, 2.45) is 4.99 Å². The van der Waals surface area contributed by atoms with Crippen molar-refractivity contribution in [1.29, 1.82) is 0 Å². The number of methoxy groups -OCH3 is 1. The van der Waals surface area contributed by atoms with Crippen molar-refractivity contribution in [2.75, 3.05) is 45.2 Å². The minimum absolute atomic E-state index is 0.208. The molecule has 1 aromatic carbocycles. The van der Waals surface area contributed by atoms with E-state index in [9.17, 15) is 13.2 Å². The lowest BCUT2D eigenvalue weighted by atomic mass is 10.2. The second-order valence-corrected chi connectivity index (χ2v) is 7.11. The number of hydrogen-bond donors (Lipinski definition) is 1. The molecule has 0 saturated carbocycles. The molecule has 1 aromatic heterocycles. The lowest BCUT2D eigenvalue weighted by Gasteiger charge is -2.38. The van der Waals surface area contributed by atoms with Gasteiger partial charge < -0.3 is 19.9 Å². The van der Waals surface area contributed by atoms with Crippen molar-refractivity contribution >= 4 is 23.0 Å². The highest BCUT2D eigenvalue weighted by molar-refractivity contribution is 7.09. The molecule has 0 spiro atoms. The maximum Gasteiger partial charge on any atom is 0.434 e. The van der Waals surface area contributed by atoms with E-state index in [0.717, 1.165) is 54.3 Å². The van der Waals surface area contributed by atoms with E-state index in [0.29, 0.717) is 11.0 Å². The quantitative estimate of drug-likeness (QED) is 0.617. The second kappa shape index (κ2) is 8.68. The Morgan fingerprint density at radius 1 is 1.25 bits per heavy atom. The average Bonchev–Trinajstić information content (AvgIpc) is 3.18. The van der Waals surface area contributed by atoms with Crippen LogP contribution < -0.4 is 15.0 Å². The SMILES string of the molecule is CN=C(NCc1nc(C(F)(F)F)cs1)N1CCN(c2ccccc2OC)CC1. The predicted molar refractivity (Wildman–Crippen MR) is 104 cm³/mol. The van der Waals surface area contributed by atoms with Gasteiger partial charge in [0, 0.05) is 38.6 Å². The zero-order valence-electron chi connectivity index (χ0n) is 15.7. The van der Waals surface area contributed by atoms with Gasteiger partial charge in [-0.3, -0.25) is 4.99 Å². The third kappa shape index (κ3) is 4.67. The minimum atomic E-state index is -4.41. The maximum absolute atomic E-state index is 12.7. The molecular formula is C18H22F3N5OS. The summed E-state index contributed by atoms with van der Waals surface area (Å²) in [7, 11) is 3.32. The number of hydrogen-bond acceptors (Lipinski definition) is 5. The first kappa shape index (κ1) is 20.2. The van der Waals surface area contributed by atoms with Gasteiger partial charge in [-0.25, -0.2) is 4.98 Å². The molecule has 2 aromatic rings. The molecule has 0 atom stereocenters. The fourth-order valence-corrected chi connectivity index (χ4v) is 3.80. The third-order valence-electron chi connectivity index (χ3n) is 4.46. The number of nitrogens with one attached hydrogen (secondary N) is 1. The van der Waals surface area contributed by atoms with Crippen molar-refractivity contribution < 1.29 is 17.9 Å². The Bertz CT molecular complexity index is 816. The fraction of sp³-hybridized carbons (Fsp3) is 0.444. The van der Waals surface area contributed by atoms with Crippen LogP contribution in [0.25, 0.3) is 0 Å². The van der Waals surface area contributed by atoms with E-state index in [4.69, 9.17) is 4.74 Å². The number of para-hydroxylation sites is 2. The van der Waals surface area contributed by atoms with Crippen LogP contribution in [0.5, 0.6) is 5.75 Å². The summed E-state index contributed by atoms with van der Waals surface area (Å²) in [5.41, 5.74) is 0.199. The van der Waals surface area contributed by atoms with E-state index < -0.39 is 11.9 Å². The largest absolute Gasteiger partial charge is 0.495 e. The van der Waals surface area contributed by atoms with Crippen molar-refractivity contribution in [3.05, 3.63) is 40.3 Å². The lowest BCUT2D eigenvalue weighted by Crippen LogP contribution is -2.52. The minimum Gasteiger partial charge on any atom is -0.495 e. The van der Waals surface area contributed by atoms with Crippen molar-refractivity contribution in [3.63, 3.8) is 0 Å². The number of piperazine rings is 1. The van der Waals surface area contributed by atoms with Crippen LogP contribution in [0.2, 0.25) is 0 Å². The van der Waals surface area contributed by atoms with Gasteiger partial charge in [-0.2, -0.15) is 13.2 Å². The van der Waals surface area contributed by atoms with Gasteiger partial charge in [0.25, 0.3) is 0 Å². The molecule has 1 fully saturated rings. The van der Waals surface area contributed by atoms with Crippen molar-refractivity contribution in [3.8, 4) is 5.75 Å². The number of alkyl halides is 3. The molecule has 1 saturated heterocycles. The highest BCUT2D eigenvalue weighted by Gasteiger charge is 2.33. The Hall–Kier alpha value is -2.49. The van der Waals surface area contributed by atoms with Gasteiger partial charge in [-0.1, -0.05) is 12.1 Å². The van der Waals surface area contributed by atoms with Gasteiger partial charge in [0.15, 0.2) is 11.7 Å². The number of guanidine groups is 1. The average molecular weight is 413 g/mol. The Balaban J connectivity index is 1.56. The summed E-state index contributed by atoms with van der Waals surface area (Å²) < 4.78 is 43.4. The molecule has 28 heavy (non-hydrogen) atoms. The molecule has 0 radical (unpaired) electrons. The highest BCUT2D eigenvalue weighted by atomic mass is 32.1. The van der Waals surface area contributed by atoms with E-state index >= 15 is 0 Å². The number of benzene rings is 1. The van der Waals surface area contributed by atoms with Gasteiger partial charge >= 0.3 is 6.18 Å². The van der Waals surface area contributed by atoms with Crippen LogP contribution in [0.4, 0.5) is 18.9 Å². The number of nitrogens with zero attached hydrogens (tertiary/aromatic N) is 4. The van der Waals surface area contributed by atoms with Gasteiger partial charge in [-0.05, 0) is 12.1 Å². The number of rotatable bonds is 4. The summed E-state index contributed by atoms with van der Waals surface area (Å²) in [4.78, 5) is 12.2. The van der Waals surface area contributed by atoms with E-state index in [1.54, 1.807) is 14.2 Å². The summed E-state index contributed by atoms with van der Waals surface area (Å²) >= 11 is 0.988. The molecule has 0 amide bonds. The summed E-state index contributed by atoms with van der Waals surface area (Å²) in [5.74, 6) is 1.49. The first-order valence-electron chi connectivity index (χ1n) is 8.77. The Labute approximate surface area is 165 Å². The molecule has 1 aliphatic rings. The number of thiazole rings is 1. The molecule has 152 valence electrons. The molecule has 1 N–H and O–H groups in total. The topological polar surface area (TPSA) is 53.0 Å². The molecule has 0 unspecified atom stereocenters. The highest BCUT2D eigenvalue weighted by Crippen LogP contribution is 2.30. The summed E-state index contributed by atoms with van der Waals surface area (Å²) in [6, 6.07) is 7.88. The first-order valence-corrected chi connectivity index (χ1v) is 9.65. The normalized spacial score (nSPS) is 15.7. The predicted octanol–water partition coefficient (Wildman–Crippen LogP) is 3.07. The van der Waals surface area contributed by atoms with Crippen LogP contribution in [-0.2, 0) is 12.7 Å². The fourth-order valence-electron chi connectivity index (χ4n) is 3.06. The van der Waals surface area contributed by atoms with Crippen LogP contribution in [-0.4, -0.2) is 56.2 Å². The van der Waals surface area contributed by atoms with Gasteiger partial charge in [0.05, 0.1) is 19.3 Å².